The number of nitrogens with zero attached hydrogens (tertiary/aromatic N) is 1. The molecule has 0 aliphatic rings. The van der Waals surface area contributed by atoms with Crippen molar-refractivity contribution in [3.63, 3.8) is 0 Å². The molecular formula is C17H19F2NO4S. The highest BCUT2D eigenvalue weighted by atomic mass is 32.2. The molecule has 0 amide bonds. The van der Waals surface area contributed by atoms with Crippen molar-refractivity contribution in [3.8, 4) is 11.5 Å². The van der Waals surface area contributed by atoms with Gasteiger partial charge in [0.2, 0.25) is 10.0 Å². The van der Waals surface area contributed by atoms with Crippen LogP contribution in [0.4, 0.5) is 8.78 Å². The third-order valence-electron chi connectivity index (χ3n) is 3.67. The van der Waals surface area contributed by atoms with Crippen molar-refractivity contribution < 1.29 is 26.7 Å². The summed E-state index contributed by atoms with van der Waals surface area (Å²) in [6.07, 6.45) is 0. The number of hydrogen-bond acceptors (Lipinski definition) is 4. The molecule has 136 valence electrons. The molecule has 0 heterocycles. The maximum absolute atomic E-state index is 13.9. The molecule has 0 bridgehead atoms. The maximum Gasteiger partial charge on any atom is 0.246 e. The third-order valence-corrected chi connectivity index (χ3v) is 5.63. The lowest BCUT2D eigenvalue weighted by molar-refractivity contribution is 0.353. The Labute approximate surface area is 145 Å². The lowest BCUT2D eigenvalue weighted by Gasteiger charge is -2.21. The molecule has 0 aliphatic heterocycles. The lowest BCUT2D eigenvalue weighted by Crippen LogP contribution is -2.31. The number of ether oxygens (including phenoxy) is 2. The molecule has 0 fully saturated rings. The summed E-state index contributed by atoms with van der Waals surface area (Å²) in [5, 5.41) is 0. The normalized spacial score (nSPS) is 11.6. The van der Waals surface area contributed by atoms with Crippen LogP contribution in [-0.2, 0) is 16.6 Å². The number of halogens is 2. The highest BCUT2D eigenvalue weighted by Gasteiger charge is 2.27. The first-order valence-electron chi connectivity index (χ1n) is 7.49. The molecule has 0 spiro atoms. The van der Waals surface area contributed by atoms with Crippen molar-refractivity contribution in [2.45, 2.75) is 18.4 Å². The second-order valence-corrected chi connectivity index (χ2v) is 7.10. The summed E-state index contributed by atoms with van der Waals surface area (Å²) in [5.41, 5.74) is 0.644. The highest BCUT2D eigenvalue weighted by Crippen LogP contribution is 2.29. The van der Waals surface area contributed by atoms with Crippen LogP contribution < -0.4 is 9.47 Å². The lowest BCUT2D eigenvalue weighted by atomic mass is 10.2. The van der Waals surface area contributed by atoms with Gasteiger partial charge in [-0.1, -0.05) is 13.0 Å². The van der Waals surface area contributed by atoms with E-state index in [1.165, 1.54) is 14.2 Å². The molecule has 0 saturated heterocycles. The van der Waals surface area contributed by atoms with Gasteiger partial charge in [0.05, 0.1) is 14.2 Å². The number of sulfonamides is 1. The first kappa shape index (κ1) is 19.1. The van der Waals surface area contributed by atoms with E-state index < -0.39 is 26.6 Å². The fraction of sp³-hybridized carbons (Fsp3) is 0.294. The monoisotopic (exact) mass is 371 g/mol. The Morgan fingerprint density at radius 3 is 2.24 bits per heavy atom. The van der Waals surface area contributed by atoms with E-state index in [1.807, 2.05) is 0 Å². The minimum absolute atomic E-state index is 0.00992. The van der Waals surface area contributed by atoms with Gasteiger partial charge >= 0.3 is 0 Å². The van der Waals surface area contributed by atoms with Gasteiger partial charge in [-0.25, -0.2) is 17.2 Å². The fourth-order valence-electron chi connectivity index (χ4n) is 2.37. The highest BCUT2D eigenvalue weighted by molar-refractivity contribution is 7.89. The predicted octanol–water partition coefficient (Wildman–Crippen LogP) is 3.19. The van der Waals surface area contributed by atoms with Crippen LogP contribution in [0.25, 0.3) is 0 Å². The SMILES string of the molecule is CCN(Cc1ccc(OC)c(OC)c1)S(=O)(=O)c1ccc(F)cc1F. The van der Waals surface area contributed by atoms with Gasteiger partial charge in [-0.05, 0) is 29.8 Å². The van der Waals surface area contributed by atoms with E-state index in [0.717, 1.165) is 16.4 Å². The number of hydrogen-bond donors (Lipinski definition) is 0. The fourth-order valence-corrected chi connectivity index (χ4v) is 3.86. The Hall–Kier alpha value is -2.19. The Kier molecular flexibility index (Phi) is 5.97. The molecular weight excluding hydrogens is 352 g/mol. The summed E-state index contributed by atoms with van der Waals surface area (Å²) in [5.74, 6) is -0.978. The summed E-state index contributed by atoms with van der Waals surface area (Å²) in [6, 6.07) is 7.40. The summed E-state index contributed by atoms with van der Waals surface area (Å²) in [6.45, 7) is 1.77. The largest absolute Gasteiger partial charge is 0.493 e. The van der Waals surface area contributed by atoms with Crippen LogP contribution in [-0.4, -0.2) is 33.5 Å². The van der Waals surface area contributed by atoms with Crippen LogP contribution in [0.15, 0.2) is 41.3 Å². The summed E-state index contributed by atoms with van der Waals surface area (Å²) in [7, 11) is -1.14. The third kappa shape index (κ3) is 4.08. The smallest absolute Gasteiger partial charge is 0.246 e. The zero-order valence-corrected chi connectivity index (χ0v) is 14.9. The van der Waals surface area contributed by atoms with Gasteiger partial charge in [-0.3, -0.25) is 0 Å². The minimum Gasteiger partial charge on any atom is -0.493 e. The van der Waals surface area contributed by atoms with E-state index in [4.69, 9.17) is 9.47 Å². The van der Waals surface area contributed by atoms with Gasteiger partial charge in [0.25, 0.3) is 0 Å². The van der Waals surface area contributed by atoms with Crippen LogP contribution in [0.1, 0.15) is 12.5 Å². The summed E-state index contributed by atoms with van der Waals surface area (Å²) >= 11 is 0. The van der Waals surface area contributed by atoms with E-state index in [0.29, 0.717) is 23.1 Å². The van der Waals surface area contributed by atoms with Crippen molar-refractivity contribution in [1.29, 1.82) is 0 Å². The van der Waals surface area contributed by atoms with Crippen LogP contribution in [0.2, 0.25) is 0 Å². The molecule has 0 aromatic heterocycles. The number of methoxy groups -OCH3 is 2. The molecule has 2 rings (SSSR count). The zero-order chi connectivity index (χ0) is 18.6. The van der Waals surface area contributed by atoms with E-state index in [1.54, 1.807) is 25.1 Å². The van der Waals surface area contributed by atoms with Gasteiger partial charge in [-0.15, -0.1) is 0 Å². The van der Waals surface area contributed by atoms with Crippen LogP contribution in [0.3, 0.4) is 0 Å². The topological polar surface area (TPSA) is 55.8 Å². The zero-order valence-electron chi connectivity index (χ0n) is 14.1. The summed E-state index contributed by atoms with van der Waals surface area (Å²) in [4.78, 5) is -0.559. The molecule has 8 heteroatoms. The standard InChI is InChI=1S/C17H19F2NO4S/c1-4-20(11-12-5-7-15(23-2)16(9-12)24-3)25(21,22)17-8-6-13(18)10-14(17)19/h5-10H,4,11H2,1-3H3. The number of rotatable bonds is 7. The Bertz CT molecular complexity index is 856. The van der Waals surface area contributed by atoms with Crippen molar-refractivity contribution >= 4 is 10.0 Å². The van der Waals surface area contributed by atoms with Crippen molar-refractivity contribution in [3.05, 3.63) is 53.6 Å². The van der Waals surface area contributed by atoms with Crippen LogP contribution >= 0.6 is 0 Å². The van der Waals surface area contributed by atoms with Crippen molar-refractivity contribution in [1.82, 2.24) is 4.31 Å². The minimum atomic E-state index is -4.11. The Balaban J connectivity index is 2.36. The molecule has 5 nitrogen and oxygen atoms in total. The van der Waals surface area contributed by atoms with Gasteiger partial charge in [-0.2, -0.15) is 4.31 Å². The van der Waals surface area contributed by atoms with Gasteiger partial charge in [0, 0.05) is 19.2 Å². The van der Waals surface area contributed by atoms with E-state index >= 15 is 0 Å². The van der Waals surface area contributed by atoms with Gasteiger partial charge in [0.15, 0.2) is 11.5 Å². The Morgan fingerprint density at radius 2 is 1.68 bits per heavy atom. The maximum atomic E-state index is 13.9. The molecule has 25 heavy (non-hydrogen) atoms. The van der Waals surface area contributed by atoms with Crippen LogP contribution in [0.5, 0.6) is 11.5 Å². The molecule has 0 unspecified atom stereocenters. The second-order valence-electron chi connectivity index (χ2n) is 5.20. The molecule has 0 aliphatic carbocycles. The Morgan fingerprint density at radius 1 is 1.00 bits per heavy atom. The second kappa shape index (κ2) is 7.79. The quantitative estimate of drug-likeness (QED) is 0.750. The van der Waals surface area contributed by atoms with Gasteiger partial charge < -0.3 is 9.47 Å². The molecule has 0 atom stereocenters. The van der Waals surface area contributed by atoms with Gasteiger partial charge in [0.1, 0.15) is 16.5 Å². The van der Waals surface area contributed by atoms with E-state index in [9.17, 15) is 17.2 Å². The first-order chi connectivity index (χ1) is 11.8. The van der Waals surface area contributed by atoms with Crippen LogP contribution in [0, 0.1) is 11.6 Å². The molecule has 2 aromatic rings. The molecule has 0 radical (unpaired) electrons. The van der Waals surface area contributed by atoms with Crippen molar-refractivity contribution in [2.24, 2.45) is 0 Å². The number of benzene rings is 2. The summed E-state index contributed by atoms with van der Waals surface area (Å²) < 4.78 is 63.8. The van der Waals surface area contributed by atoms with E-state index in [2.05, 4.69) is 0 Å². The van der Waals surface area contributed by atoms with E-state index in [-0.39, 0.29) is 13.1 Å². The molecule has 0 saturated carbocycles. The average Bonchev–Trinajstić information content (AvgIpc) is 2.58. The predicted molar refractivity (Wildman–Crippen MR) is 89.2 cm³/mol. The van der Waals surface area contributed by atoms with Crippen molar-refractivity contribution in [2.75, 3.05) is 20.8 Å². The average molecular weight is 371 g/mol. The molecule has 2 aromatic carbocycles. The molecule has 0 N–H and O–H groups in total. The first-order valence-corrected chi connectivity index (χ1v) is 8.93.